The van der Waals surface area contributed by atoms with Crippen molar-refractivity contribution in [2.45, 2.75) is 45.3 Å². The van der Waals surface area contributed by atoms with Gasteiger partial charge in [0.25, 0.3) is 0 Å². The molecule has 1 aliphatic heterocycles. The minimum absolute atomic E-state index is 0.0340. The summed E-state index contributed by atoms with van der Waals surface area (Å²) in [5, 5.41) is 8.80. The number of pyridine rings is 1. The number of nitrogens with zero attached hydrogens (tertiary/aromatic N) is 2. The predicted octanol–water partition coefficient (Wildman–Crippen LogP) is 1.59. The van der Waals surface area contributed by atoms with Crippen LogP contribution in [0.4, 0.5) is 4.39 Å². The van der Waals surface area contributed by atoms with Gasteiger partial charge in [0.2, 0.25) is 0 Å². The maximum atomic E-state index is 13.8. The Morgan fingerprint density at radius 3 is 2.37 bits per heavy atom. The second kappa shape index (κ2) is 4.59. The van der Waals surface area contributed by atoms with E-state index < -0.39 is 24.1 Å². The van der Waals surface area contributed by atoms with Crippen molar-refractivity contribution < 1.29 is 13.7 Å². The van der Waals surface area contributed by atoms with E-state index in [0.29, 0.717) is 5.46 Å². The van der Waals surface area contributed by atoms with Gasteiger partial charge in [-0.15, -0.1) is 0 Å². The van der Waals surface area contributed by atoms with Crippen LogP contribution in [-0.4, -0.2) is 23.3 Å². The average molecular weight is 262 g/mol. The molecule has 0 saturated carbocycles. The SMILES string of the molecule is CC1(C)OB(c2cncc(F)c2CC#N)OC1(C)C. The van der Waals surface area contributed by atoms with Crippen LogP contribution in [0, 0.1) is 17.1 Å². The lowest BCUT2D eigenvalue weighted by atomic mass is 9.76. The van der Waals surface area contributed by atoms with E-state index in [2.05, 4.69) is 4.98 Å². The molecule has 2 rings (SSSR count). The summed E-state index contributed by atoms with van der Waals surface area (Å²) in [4.78, 5) is 3.82. The predicted molar refractivity (Wildman–Crippen MR) is 69.2 cm³/mol. The van der Waals surface area contributed by atoms with Crippen LogP contribution in [0.15, 0.2) is 12.4 Å². The van der Waals surface area contributed by atoms with Gasteiger partial charge in [-0.25, -0.2) is 4.39 Å². The molecule has 4 nitrogen and oxygen atoms in total. The van der Waals surface area contributed by atoms with Gasteiger partial charge in [-0.1, -0.05) is 0 Å². The van der Waals surface area contributed by atoms with Crippen molar-refractivity contribution in [3.8, 4) is 6.07 Å². The van der Waals surface area contributed by atoms with Crippen molar-refractivity contribution in [2.24, 2.45) is 0 Å². The Balaban J connectivity index is 2.40. The van der Waals surface area contributed by atoms with E-state index in [-0.39, 0.29) is 12.0 Å². The largest absolute Gasteiger partial charge is 0.496 e. The fourth-order valence-electron chi connectivity index (χ4n) is 1.92. The van der Waals surface area contributed by atoms with Crippen molar-refractivity contribution >= 4 is 12.6 Å². The molecule has 6 heteroatoms. The highest BCUT2D eigenvalue weighted by molar-refractivity contribution is 6.62. The van der Waals surface area contributed by atoms with Crippen molar-refractivity contribution in [3.63, 3.8) is 0 Å². The third-order valence-electron chi connectivity index (χ3n) is 3.80. The van der Waals surface area contributed by atoms with E-state index in [4.69, 9.17) is 14.6 Å². The molecule has 1 aromatic rings. The van der Waals surface area contributed by atoms with Crippen LogP contribution in [0.3, 0.4) is 0 Å². The van der Waals surface area contributed by atoms with Gasteiger partial charge in [0.15, 0.2) is 0 Å². The standard InChI is InChI=1S/C13H16BFN2O2/c1-12(2)13(3,4)19-14(18-12)10-7-17-8-11(15)9(10)5-6-16/h7-8H,5H2,1-4H3. The number of hydrogen-bond donors (Lipinski definition) is 0. The van der Waals surface area contributed by atoms with Crippen LogP contribution >= 0.6 is 0 Å². The first-order chi connectivity index (χ1) is 8.78. The van der Waals surface area contributed by atoms with Gasteiger partial charge in [-0.2, -0.15) is 5.26 Å². The maximum absolute atomic E-state index is 13.8. The zero-order chi connectivity index (χ0) is 14.3. The lowest BCUT2D eigenvalue weighted by Crippen LogP contribution is -2.41. The lowest BCUT2D eigenvalue weighted by Gasteiger charge is -2.32. The number of nitriles is 1. The van der Waals surface area contributed by atoms with Crippen LogP contribution in [0.1, 0.15) is 33.3 Å². The molecule has 1 saturated heterocycles. The summed E-state index contributed by atoms with van der Waals surface area (Å²) in [5.41, 5.74) is -0.238. The molecule has 1 aliphatic rings. The van der Waals surface area contributed by atoms with E-state index in [1.54, 1.807) is 0 Å². The molecule has 0 atom stereocenters. The smallest absolute Gasteiger partial charge is 0.399 e. The second-order valence-corrected chi connectivity index (χ2v) is 5.61. The topological polar surface area (TPSA) is 55.1 Å². The quantitative estimate of drug-likeness (QED) is 0.759. The van der Waals surface area contributed by atoms with Gasteiger partial charge in [-0.3, -0.25) is 4.98 Å². The third kappa shape index (κ3) is 2.36. The van der Waals surface area contributed by atoms with Gasteiger partial charge in [0, 0.05) is 17.2 Å². The molecule has 1 fully saturated rings. The lowest BCUT2D eigenvalue weighted by molar-refractivity contribution is 0.00578. The second-order valence-electron chi connectivity index (χ2n) is 5.61. The van der Waals surface area contributed by atoms with Crippen LogP contribution < -0.4 is 5.46 Å². The molecule has 100 valence electrons. The first-order valence-corrected chi connectivity index (χ1v) is 6.13. The molecule has 19 heavy (non-hydrogen) atoms. The van der Waals surface area contributed by atoms with E-state index in [0.717, 1.165) is 6.20 Å². The average Bonchev–Trinajstić information content (AvgIpc) is 2.51. The Hall–Kier alpha value is -1.45. The summed E-state index contributed by atoms with van der Waals surface area (Å²) in [6.45, 7) is 7.68. The first-order valence-electron chi connectivity index (χ1n) is 6.13. The molecule has 1 aromatic heterocycles. The Morgan fingerprint density at radius 2 is 1.84 bits per heavy atom. The minimum Gasteiger partial charge on any atom is -0.399 e. The molecular weight excluding hydrogens is 246 g/mol. The van der Waals surface area contributed by atoms with Crippen LogP contribution in [0.25, 0.3) is 0 Å². The highest BCUT2D eigenvalue weighted by Crippen LogP contribution is 2.36. The van der Waals surface area contributed by atoms with Gasteiger partial charge < -0.3 is 9.31 Å². The Labute approximate surface area is 112 Å². The Bertz CT molecular complexity index is 524. The number of aromatic nitrogens is 1. The van der Waals surface area contributed by atoms with Crippen molar-refractivity contribution in [2.75, 3.05) is 0 Å². The summed E-state index contributed by atoms with van der Waals surface area (Å²) in [5.74, 6) is -0.506. The monoisotopic (exact) mass is 262 g/mol. The van der Waals surface area contributed by atoms with Gasteiger partial charge in [0.05, 0.1) is 29.9 Å². The highest BCUT2D eigenvalue weighted by atomic mass is 19.1. The molecule has 0 aromatic carbocycles. The summed E-state index contributed by atoms with van der Waals surface area (Å²) in [6, 6.07) is 1.95. The number of halogens is 1. The molecule has 0 radical (unpaired) electrons. The normalized spacial score (nSPS) is 20.3. The van der Waals surface area contributed by atoms with E-state index >= 15 is 0 Å². The van der Waals surface area contributed by atoms with Crippen LogP contribution in [0.2, 0.25) is 0 Å². The highest BCUT2D eigenvalue weighted by Gasteiger charge is 2.52. The Kier molecular flexibility index (Phi) is 3.37. The number of hydrogen-bond acceptors (Lipinski definition) is 4. The minimum atomic E-state index is -0.698. The van der Waals surface area contributed by atoms with Gasteiger partial charge in [0.1, 0.15) is 5.82 Å². The molecule has 0 aliphatic carbocycles. The van der Waals surface area contributed by atoms with E-state index in [9.17, 15) is 4.39 Å². The summed E-state index contributed by atoms with van der Waals surface area (Å²) in [6.07, 6.45) is 2.56. The van der Waals surface area contributed by atoms with Gasteiger partial charge >= 0.3 is 7.12 Å². The van der Waals surface area contributed by atoms with Crippen molar-refractivity contribution in [3.05, 3.63) is 23.8 Å². The molecule has 0 amide bonds. The zero-order valence-corrected chi connectivity index (χ0v) is 11.5. The van der Waals surface area contributed by atoms with E-state index in [1.165, 1.54) is 6.20 Å². The van der Waals surface area contributed by atoms with Crippen molar-refractivity contribution in [1.29, 1.82) is 5.26 Å². The van der Waals surface area contributed by atoms with Gasteiger partial charge in [-0.05, 0) is 27.7 Å². The summed E-state index contributed by atoms with van der Waals surface area (Å²) < 4.78 is 25.5. The maximum Gasteiger partial charge on any atom is 0.496 e. The third-order valence-corrected chi connectivity index (χ3v) is 3.80. The fraction of sp³-hybridized carbons (Fsp3) is 0.538. The fourth-order valence-corrected chi connectivity index (χ4v) is 1.92. The van der Waals surface area contributed by atoms with Crippen molar-refractivity contribution in [1.82, 2.24) is 4.98 Å². The molecule has 0 bridgehead atoms. The van der Waals surface area contributed by atoms with Crippen LogP contribution in [-0.2, 0) is 15.7 Å². The molecule has 0 N–H and O–H groups in total. The molecule has 0 unspecified atom stereocenters. The summed E-state index contributed by atoms with van der Waals surface area (Å²) >= 11 is 0. The number of rotatable bonds is 2. The molecule has 2 heterocycles. The molecular formula is C13H16BFN2O2. The summed E-state index contributed by atoms with van der Waals surface area (Å²) in [7, 11) is -0.698. The van der Waals surface area contributed by atoms with E-state index in [1.807, 2.05) is 33.8 Å². The van der Waals surface area contributed by atoms with Crippen LogP contribution in [0.5, 0.6) is 0 Å². The Morgan fingerprint density at radius 1 is 1.26 bits per heavy atom. The first kappa shape index (κ1) is 14.0. The molecule has 0 spiro atoms. The zero-order valence-electron chi connectivity index (χ0n) is 11.5.